The predicted octanol–water partition coefficient (Wildman–Crippen LogP) is 6.84. The van der Waals surface area contributed by atoms with Gasteiger partial charge in [-0.2, -0.15) is 0 Å². The first-order valence-electron chi connectivity index (χ1n) is 36.2. The van der Waals surface area contributed by atoms with Crippen LogP contribution in [0.25, 0.3) is 0 Å². The van der Waals surface area contributed by atoms with Gasteiger partial charge in [-0.05, 0) is 117 Å². The Morgan fingerprint density at radius 3 is 2.08 bits per heavy atom. The number of nitrogens with one attached hydrogen (secondary N) is 6. The van der Waals surface area contributed by atoms with Gasteiger partial charge in [0.1, 0.15) is 29.9 Å². The number of hydrogen-bond acceptors (Lipinski definition) is 18. The van der Waals surface area contributed by atoms with E-state index in [2.05, 4.69) is 49.0 Å². The van der Waals surface area contributed by atoms with Crippen LogP contribution in [-0.2, 0) is 72.0 Å². The van der Waals surface area contributed by atoms with Gasteiger partial charge >= 0.3 is 12.1 Å². The number of aromatic nitrogens is 1. The van der Waals surface area contributed by atoms with E-state index in [-0.39, 0.29) is 111 Å². The van der Waals surface area contributed by atoms with Crippen LogP contribution in [0.3, 0.4) is 0 Å². The first kappa shape index (κ1) is 84.3. The molecule has 11 atom stereocenters. The molecule has 0 radical (unpaired) electrons. The van der Waals surface area contributed by atoms with Gasteiger partial charge in [0.2, 0.25) is 35.4 Å². The molecule has 1 saturated heterocycles. The number of anilines is 2. The van der Waals surface area contributed by atoms with E-state index >= 15 is 0 Å². The second-order valence-electron chi connectivity index (χ2n) is 27.8. The van der Waals surface area contributed by atoms with Gasteiger partial charge in [-0.3, -0.25) is 58.4 Å². The monoisotopic (exact) mass is 1460 g/mol. The summed E-state index contributed by atoms with van der Waals surface area (Å²) in [5, 5.41) is 31.6. The Bertz CT molecular complexity index is 3440. The van der Waals surface area contributed by atoms with Crippen LogP contribution >= 0.6 is 11.3 Å². The molecule has 2 aliphatic heterocycles. The molecule has 3 heterocycles. The van der Waals surface area contributed by atoms with Crippen LogP contribution in [0.2, 0.25) is 0 Å². The van der Waals surface area contributed by atoms with E-state index in [9.17, 15) is 53.1 Å². The summed E-state index contributed by atoms with van der Waals surface area (Å²) in [4.78, 5) is 144. The molecule has 2 aliphatic rings. The highest BCUT2D eigenvalue weighted by molar-refractivity contribution is 7.09. The van der Waals surface area contributed by atoms with Crippen LogP contribution in [-0.4, -0.2) is 206 Å². The van der Waals surface area contributed by atoms with Crippen molar-refractivity contribution < 1.29 is 67.3 Å². The molecule has 9 N–H and O–H groups in total. The topological polar surface area (TPSA) is 346 Å². The third kappa shape index (κ3) is 25.3. The van der Waals surface area contributed by atoms with Crippen molar-refractivity contribution in [3.63, 3.8) is 0 Å². The van der Waals surface area contributed by atoms with E-state index in [0.29, 0.717) is 75.0 Å². The zero-order valence-corrected chi connectivity index (χ0v) is 63.3. The Hall–Kier alpha value is -8.67. The van der Waals surface area contributed by atoms with Crippen LogP contribution < -0.4 is 42.5 Å². The van der Waals surface area contributed by atoms with Crippen molar-refractivity contribution in [3.05, 3.63) is 124 Å². The summed E-state index contributed by atoms with van der Waals surface area (Å²) in [5.74, 6) is -3.95. The number of carbonyl (C=O) groups is 10. The van der Waals surface area contributed by atoms with E-state index in [1.54, 1.807) is 63.7 Å². The maximum Gasteiger partial charge on any atom is 0.414 e. The van der Waals surface area contributed by atoms with Crippen LogP contribution in [0, 0.1) is 23.7 Å². The molecule has 0 spiro atoms. The molecule has 104 heavy (non-hydrogen) atoms. The fourth-order valence-electron chi connectivity index (χ4n) is 13.5. The number of aliphatic hydroxyl groups excluding tert-OH is 1. The highest BCUT2D eigenvalue weighted by Crippen LogP contribution is 2.32. The van der Waals surface area contributed by atoms with E-state index in [4.69, 9.17) is 19.9 Å². The molecule has 570 valence electrons. The highest BCUT2D eigenvalue weighted by atomic mass is 32.1. The molecule has 0 aliphatic carbocycles. The average Bonchev–Trinajstić information content (AvgIpc) is 1.49. The lowest BCUT2D eigenvalue weighted by atomic mass is 9.89. The zero-order valence-electron chi connectivity index (χ0n) is 62.5. The fraction of sp³-hybridized carbons (Fsp3) is 0.566. The summed E-state index contributed by atoms with van der Waals surface area (Å²) >= 11 is 1.52. The largest absolute Gasteiger partial charge is 0.444 e. The Balaban J connectivity index is 0.973. The van der Waals surface area contributed by atoms with Crippen LogP contribution in [0.15, 0.2) is 103 Å². The summed E-state index contributed by atoms with van der Waals surface area (Å²) in [6.45, 7) is 14.7. The highest BCUT2D eigenvalue weighted by Gasteiger charge is 2.44. The number of carbonyl (C=O) groups excluding carboxylic acids is 10. The van der Waals surface area contributed by atoms with Crippen LogP contribution in [0.5, 0.6) is 0 Å². The molecule has 3 aromatic carbocycles. The lowest BCUT2D eigenvalue weighted by molar-refractivity contribution is -0.148. The Kier molecular flexibility index (Phi) is 34.3. The van der Waals surface area contributed by atoms with Gasteiger partial charge in [-0.1, -0.05) is 116 Å². The van der Waals surface area contributed by atoms with Gasteiger partial charge in [0.05, 0.1) is 49.3 Å². The molecule has 1 fully saturated rings. The summed E-state index contributed by atoms with van der Waals surface area (Å²) in [5.41, 5.74) is 8.85. The molecule has 6 rings (SSSR count). The van der Waals surface area contributed by atoms with Crippen molar-refractivity contribution in [1.29, 1.82) is 0 Å². The number of likely N-dealkylation sites (N-methyl/N-ethyl adjacent to an activating group) is 2. The van der Waals surface area contributed by atoms with E-state index < -0.39 is 79.0 Å². The number of urea groups is 1. The summed E-state index contributed by atoms with van der Waals surface area (Å²) in [6, 6.07) is 19.7. The quantitative estimate of drug-likeness (QED) is 0.0128. The number of nitrogens with zero attached hydrogens (tertiary/aromatic N) is 6. The van der Waals surface area contributed by atoms with Crippen molar-refractivity contribution in [2.24, 2.45) is 29.4 Å². The van der Waals surface area contributed by atoms with Crippen molar-refractivity contribution >= 4 is 82.1 Å². The number of benzene rings is 3. The van der Waals surface area contributed by atoms with Gasteiger partial charge in [0.15, 0.2) is 0 Å². The number of methoxy groups -OCH3 is 2. The number of likely N-dealkylation sites (tertiary alicyclic amines) is 1. The van der Waals surface area contributed by atoms with Gasteiger partial charge < -0.3 is 61.4 Å². The maximum atomic E-state index is 14.9. The first-order chi connectivity index (χ1) is 49.7. The number of unbranched alkanes of at least 4 members (excludes halogenated alkanes) is 2. The molecule has 1 aromatic heterocycles. The zero-order chi connectivity index (χ0) is 76.2. The lowest BCUT2D eigenvalue weighted by Crippen LogP contribution is -2.60. The van der Waals surface area contributed by atoms with Crippen molar-refractivity contribution in [1.82, 2.24) is 51.2 Å². The second kappa shape index (κ2) is 42.3. The number of nitrogens with two attached hydrogens (primary N) is 1. The lowest BCUT2D eigenvalue weighted by Gasteiger charge is -2.41. The number of thiazole rings is 1. The number of ether oxygens (including phenoxy) is 3. The fourth-order valence-corrected chi connectivity index (χ4v) is 14.2. The summed E-state index contributed by atoms with van der Waals surface area (Å²) in [7, 11) is 8.39. The number of aliphatic hydroxyl groups is 1. The molecule has 1 unspecified atom stereocenters. The van der Waals surface area contributed by atoms with Gasteiger partial charge in [-0.15, -0.1) is 11.3 Å². The number of amides is 11. The molecule has 0 saturated carbocycles. The Labute approximate surface area is 616 Å². The molecule has 4 aromatic rings. The van der Waals surface area contributed by atoms with Crippen molar-refractivity contribution in [3.8, 4) is 0 Å². The average molecular weight is 1460 g/mol. The molecule has 28 heteroatoms. The SMILES string of the molecule is CC[C@H](C)[C@@H]([C@@H](CC(=O)N1CCC[C@H]1[C@H](OC)[C@@H](C)C(O)N[C@@H](Cc1ccccc1)c1nccs1)OC)N(C)C(=O)[C@@H](NC(=O)[C@H](C(C)C)N(C)CCc1ccc(N(C)C(=O)OCc2ccc(NC(=O)[C@H](CCCNC(N)=O)NC(=O)CNC(=O)CCCCCN3C(=O)C=CC3=O)cc2)cc1)C(C)C. The molecule has 0 bridgehead atoms. The van der Waals surface area contributed by atoms with Gasteiger partial charge in [0, 0.05) is 102 Å². The predicted molar refractivity (Wildman–Crippen MR) is 398 cm³/mol. The second-order valence-corrected chi connectivity index (χ2v) is 28.7. The molecular weight excluding hydrogens is 1350 g/mol. The van der Waals surface area contributed by atoms with Crippen LogP contribution in [0.1, 0.15) is 140 Å². The van der Waals surface area contributed by atoms with Gasteiger partial charge in [0.25, 0.3) is 11.8 Å². The summed E-state index contributed by atoms with van der Waals surface area (Å²) in [6.07, 6.45) is 6.80. The summed E-state index contributed by atoms with van der Waals surface area (Å²) < 4.78 is 18.0. The first-order valence-corrected chi connectivity index (χ1v) is 37.1. The normalized spacial score (nSPS) is 16.6. The minimum Gasteiger partial charge on any atom is -0.444 e. The minimum atomic E-state index is -1.05. The number of rotatable bonds is 43. The minimum absolute atomic E-state index is 0.00324. The van der Waals surface area contributed by atoms with Gasteiger partial charge in [-0.25, -0.2) is 14.6 Å². The molecule has 11 amide bonds. The molecule has 27 nitrogen and oxygen atoms in total. The standard InChI is InChI=1S/C76H111N13O14S/c1-13-50(6)68(60(101-11)45-65(94)88-41-21-25-59(88)69(102-12)51(7)70(95)83-58(73-78-39-43-104-73)44-53-22-16-14-17-23-53)87(10)74(98)66(48(2)3)84-72(97)67(49(4)5)85(8)42-37-52-29-33-56(34-30-52)86(9)76(100)103-47-54-27-31-55(32-28-54)81-71(96)57(24-20-38-79-75(77)99)82-62(91)46-80-61(90)26-18-15-19-40-89-63(92)35-36-64(89)93/h14,16-17,22-23,27-36,39,43,48-51,57-60,66-70,83,95H,13,15,18-21,24-26,37-38,40-42,44-47H2,1-12H3,(H,80,90)(H,81,96)(H,82,91)(H,84,97)(H3,77,79,99)/t50-,51+,57-,58-,59-,60+,66-,67-,68-,69+,70?/m0/s1. The molecular formula is C76H111N13O14S. The Morgan fingerprint density at radius 1 is 0.779 bits per heavy atom. The smallest absolute Gasteiger partial charge is 0.414 e. The number of imide groups is 1. The van der Waals surface area contributed by atoms with Crippen LogP contribution in [0.4, 0.5) is 21.0 Å². The van der Waals surface area contributed by atoms with E-state index in [1.165, 1.54) is 28.4 Å². The Morgan fingerprint density at radius 2 is 1.46 bits per heavy atom. The van der Waals surface area contributed by atoms with E-state index in [0.717, 1.165) is 27.5 Å². The third-order valence-electron chi connectivity index (χ3n) is 19.6. The van der Waals surface area contributed by atoms with Crippen molar-refractivity contribution in [2.75, 3.05) is 78.3 Å². The van der Waals surface area contributed by atoms with Crippen molar-refractivity contribution in [2.45, 2.75) is 187 Å². The van der Waals surface area contributed by atoms with E-state index in [1.807, 2.05) is 113 Å². The third-order valence-corrected chi connectivity index (χ3v) is 20.5. The number of hydrogen-bond donors (Lipinski definition) is 8. The number of primary amides is 1. The maximum absolute atomic E-state index is 14.9.